The molecular formula is C26H37NO2. The first-order chi connectivity index (χ1) is 13.8. The van der Waals surface area contributed by atoms with Gasteiger partial charge in [0.05, 0.1) is 0 Å². The molecule has 158 valence electrons. The van der Waals surface area contributed by atoms with Crippen LogP contribution in [0.4, 0.5) is 0 Å². The minimum Gasteiger partial charge on any atom is -0.481 e. The second-order valence-corrected chi connectivity index (χ2v) is 11.2. The van der Waals surface area contributed by atoms with E-state index in [0.29, 0.717) is 23.3 Å². The number of ether oxygens (including phenoxy) is 1. The van der Waals surface area contributed by atoms with Crippen molar-refractivity contribution in [2.24, 2.45) is 34.5 Å². The smallest absolute Gasteiger partial charge is 0.263 e. The van der Waals surface area contributed by atoms with Crippen molar-refractivity contribution in [1.82, 2.24) is 4.90 Å². The summed E-state index contributed by atoms with van der Waals surface area (Å²) in [6.45, 7) is 7.54. The quantitative estimate of drug-likeness (QED) is 0.658. The Balaban J connectivity index is 1.47. The Hall–Kier alpha value is -1.51. The van der Waals surface area contributed by atoms with Crippen LogP contribution in [0.2, 0.25) is 0 Å². The molecule has 0 aromatic heterocycles. The van der Waals surface area contributed by atoms with Gasteiger partial charge >= 0.3 is 0 Å². The van der Waals surface area contributed by atoms with E-state index >= 15 is 0 Å². The summed E-state index contributed by atoms with van der Waals surface area (Å²) in [5.41, 5.74) is 0.720. The maximum absolute atomic E-state index is 13.2. The first-order valence-electron chi connectivity index (χ1n) is 11.8. The fraction of sp³-hybridized carbons (Fsp3) is 0.731. The van der Waals surface area contributed by atoms with Crippen LogP contribution in [0.1, 0.15) is 65.7 Å². The predicted molar refractivity (Wildman–Crippen MR) is 116 cm³/mol. The summed E-state index contributed by atoms with van der Waals surface area (Å²) in [5.74, 6) is 4.10. The van der Waals surface area contributed by atoms with Gasteiger partial charge in [-0.2, -0.15) is 0 Å². The molecule has 8 atom stereocenters. The van der Waals surface area contributed by atoms with Crippen LogP contribution in [0.25, 0.3) is 0 Å². The lowest BCUT2D eigenvalue weighted by molar-refractivity contribution is -0.178. The van der Waals surface area contributed by atoms with E-state index in [4.69, 9.17) is 4.74 Å². The van der Waals surface area contributed by atoms with Crippen LogP contribution in [0.15, 0.2) is 30.3 Å². The molecule has 4 fully saturated rings. The normalized spacial score (nSPS) is 46.6. The van der Waals surface area contributed by atoms with Crippen molar-refractivity contribution in [3.05, 3.63) is 30.3 Å². The van der Waals surface area contributed by atoms with E-state index in [1.807, 2.05) is 37.4 Å². The van der Waals surface area contributed by atoms with Gasteiger partial charge in [-0.25, -0.2) is 0 Å². The second kappa shape index (κ2) is 6.75. The van der Waals surface area contributed by atoms with Gasteiger partial charge in [-0.05, 0) is 78.7 Å². The van der Waals surface area contributed by atoms with E-state index in [0.717, 1.165) is 30.4 Å². The summed E-state index contributed by atoms with van der Waals surface area (Å²) in [6.07, 6.45) is 8.63. The molecule has 1 saturated heterocycles. The van der Waals surface area contributed by atoms with E-state index in [-0.39, 0.29) is 17.4 Å². The van der Waals surface area contributed by atoms with Crippen LogP contribution in [0.3, 0.4) is 0 Å². The molecule has 29 heavy (non-hydrogen) atoms. The molecule has 3 saturated carbocycles. The van der Waals surface area contributed by atoms with Gasteiger partial charge in [0.2, 0.25) is 0 Å². The van der Waals surface area contributed by atoms with Gasteiger partial charge in [0.25, 0.3) is 5.91 Å². The lowest BCUT2D eigenvalue weighted by Crippen LogP contribution is -2.66. The van der Waals surface area contributed by atoms with Gasteiger partial charge in [-0.15, -0.1) is 0 Å². The predicted octanol–water partition coefficient (Wildman–Crippen LogP) is 5.54. The number of nitrogens with zero attached hydrogens (tertiary/aromatic N) is 1. The van der Waals surface area contributed by atoms with Gasteiger partial charge in [0.15, 0.2) is 6.10 Å². The van der Waals surface area contributed by atoms with Crippen molar-refractivity contribution >= 4 is 5.91 Å². The van der Waals surface area contributed by atoms with Gasteiger partial charge in [0, 0.05) is 19.5 Å². The zero-order chi connectivity index (χ0) is 20.4. The number of likely N-dealkylation sites (tertiary alicyclic amines) is 1. The van der Waals surface area contributed by atoms with Crippen molar-refractivity contribution in [3.63, 3.8) is 0 Å². The van der Waals surface area contributed by atoms with Crippen LogP contribution >= 0.6 is 0 Å². The van der Waals surface area contributed by atoms with E-state index < -0.39 is 0 Å². The van der Waals surface area contributed by atoms with Crippen molar-refractivity contribution in [2.75, 3.05) is 7.05 Å². The maximum Gasteiger partial charge on any atom is 0.263 e. The molecule has 3 heteroatoms. The number of para-hydroxylation sites is 1. The number of likely N-dealkylation sites (N-methyl/N-ethyl adjacent to an activating group) is 1. The standard InChI is InChI=1S/C26H37NO2/c1-17-15-22-26(3,20-12-14-25(2)13-8-11-19(25)23(17)20)16-21(24(28)27(22)4)29-18-9-6-5-7-10-18/h5-7,9-10,17,19-23H,8,11-16H2,1-4H3/t17?,19-,20+,21?,22?,23-,25-,26+/m0/s1. The number of amides is 1. The highest BCUT2D eigenvalue weighted by molar-refractivity contribution is 5.82. The molecule has 1 amide bonds. The third kappa shape index (κ3) is 2.86. The number of hydrogen-bond acceptors (Lipinski definition) is 2. The maximum atomic E-state index is 13.2. The molecule has 1 aliphatic heterocycles. The summed E-state index contributed by atoms with van der Waals surface area (Å²) in [7, 11) is 2.03. The molecule has 1 aromatic carbocycles. The molecule has 0 spiro atoms. The summed E-state index contributed by atoms with van der Waals surface area (Å²) in [4.78, 5) is 15.3. The van der Waals surface area contributed by atoms with E-state index in [9.17, 15) is 4.79 Å². The van der Waals surface area contributed by atoms with Crippen LogP contribution in [-0.4, -0.2) is 30.0 Å². The lowest BCUT2D eigenvalue weighted by Gasteiger charge is -2.63. The lowest BCUT2D eigenvalue weighted by atomic mass is 9.45. The van der Waals surface area contributed by atoms with E-state index in [1.165, 1.54) is 32.1 Å². The topological polar surface area (TPSA) is 29.5 Å². The second-order valence-electron chi connectivity index (χ2n) is 11.2. The Morgan fingerprint density at radius 3 is 2.59 bits per heavy atom. The molecular weight excluding hydrogens is 358 g/mol. The van der Waals surface area contributed by atoms with Gasteiger partial charge in [-0.1, -0.05) is 45.4 Å². The SMILES string of the molecule is CC1CC2N(C)C(=O)C(Oc3ccccc3)C[C@]2(C)[C@@H]2CC[C@]3(C)CCC[C@H]3[C@H]12. The molecule has 5 rings (SSSR count). The summed E-state index contributed by atoms with van der Waals surface area (Å²) in [5, 5.41) is 0. The number of piperidine rings is 1. The first kappa shape index (κ1) is 19.5. The van der Waals surface area contributed by atoms with E-state index in [2.05, 4.69) is 25.7 Å². The fourth-order valence-corrected chi connectivity index (χ4v) is 8.28. The van der Waals surface area contributed by atoms with Crippen LogP contribution < -0.4 is 4.74 Å². The number of carbonyl (C=O) groups is 1. The zero-order valence-electron chi connectivity index (χ0n) is 18.6. The molecule has 1 aromatic rings. The highest BCUT2D eigenvalue weighted by Gasteiger charge is 2.62. The molecule has 3 unspecified atom stereocenters. The third-order valence-corrected chi connectivity index (χ3v) is 9.71. The van der Waals surface area contributed by atoms with Crippen LogP contribution in [0, 0.1) is 34.5 Å². The van der Waals surface area contributed by atoms with Crippen molar-refractivity contribution in [2.45, 2.75) is 77.9 Å². The fourth-order valence-electron chi connectivity index (χ4n) is 8.28. The van der Waals surface area contributed by atoms with Gasteiger partial charge in [0.1, 0.15) is 5.75 Å². The minimum absolute atomic E-state index is 0.156. The number of hydrogen-bond donors (Lipinski definition) is 0. The summed E-state index contributed by atoms with van der Waals surface area (Å²) in [6, 6.07) is 10.3. The minimum atomic E-state index is -0.352. The number of carbonyl (C=O) groups excluding carboxylic acids is 1. The third-order valence-electron chi connectivity index (χ3n) is 9.71. The summed E-state index contributed by atoms with van der Waals surface area (Å²) >= 11 is 0. The Morgan fingerprint density at radius 2 is 1.83 bits per heavy atom. The Labute approximate surface area is 176 Å². The van der Waals surface area contributed by atoms with E-state index in [1.54, 1.807) is 0 Å². The monoisotopic (exact) mass is 395 g/mol. The molecule has 0 N–H and O–H groups in total. The largest absolute Gasteiger partial charge is 0.481 e. The Bertz CT molecular complexity index is 778. The Kier molecular flexibility index (Phi) is 4.53. The molecule has 1 heterocycles. The van der Waals surface area contributed by atoms with Crippen LogP contribution in [-0.2, 0) is 4.79 Å². The molecule has 3 aliphatic carbocycles. The van der Waals surface area contributed by atoms with Crippen molar-refractivity contribution in [3.8, 4) is 5.75 Å². The van der Waals surface area contributed by atoms with Gasteiger partial charge in [-0.3, -0.25) is 4.79 Å². The van der Waals surface area contributed by atoms with Crippen molar-refractivity contribution < 1.29 is 9.53 Å². The van der Waals surface area contributed by atoms with Gasteiger partial charge < -0.3 is 9.64 Å². The van der Waals surface area contributed by atoms with Crippen molar-refractivity contribution in [1.29, 1.82) is 0 Å². The highest BCUT2D eigenvalue weighted by Crippen LogP contribution is 2.66. The molecule has 0 bridgehead atoms. The average Bonchev–Trinajstić information content (AvgIpc) is 3.10. The van der Waals surface area contributed by atoms with Crippen LogP contribution in [0.5, 0.6) is 5.75 Å². The summed E-state index contributed by atoms with van der Waals surface area (Å²) < 4.78 is 6.27. The molecule has 0 radical (unpaired) electrons. The Morgan fingerprint density at radius 1 is 1.07 bits per heavy atom. The average molecular weight is 396 g/mol. The first-order valence-corrected chi connectivity index (χ1v) is 11.8. The number of rotatable bonds is 2. The molecule has 4 aliphatic rings. The zero-order valence-corrected chi connectivity index (χ0v) is 18.6. The highest BCUT2D eigenvalue weighted by atomic mass is 16.5. The molecule has 3 nitrogen and oxygen atoms in total. The number of benzene rings is 1. The number of fused-ring (bicyclic) bond motifs is 5.